The molecule has 0 spiro atoms. The van der Waals surface area contributed by atoms with Crippen LogP contribution in [0.5, 0.6) is 0 Å². The van der Waals surface area contributed by atoms with Gasteiger partial charge < -0.3 is 15.1 Å². The first-order valence-electron chi connectivity index (χ1n) is 9.11. The molecule has 2 aromatic carbocycles. The zero-order valence-electron chi connectivity index (χ0n) is 15.6. The minimum atomic E-state index is -0.922. The highest BCUT2D eigenvalue weighted by Crippen LogP contribution is 2.30. The fraction of sp³-hybridized carbons (Fsp3) is 0.350. The van der Waals surface area contributed by atoms with Crippen molar-refractivity contribution in [1.29, 1.82) is 0 Å². The van der Waals surface area contributed by atoms with Gasteiger partial charge in [0.05, 0.1) is 17.1 Å². The molecular formula is C20H22ClF2N3OS. The van der Waals surface area contributed by atoms with Gasteiger partial charge in [0.2, 0.25) is 5.91 Å². The summed E-state index contributed by atoms with van der Waals surface area (Å²) in [6, 6.07) is 9.07. The molecule has 1 N–H and O–H groups in total. The van der Waals surface area contributed by atoms with Gasteiger partial charge in [-0.3, -0.25) is 4.79 Å². The first kappa shape index (κ1) is 20.9. The number of carbonyl (C=O) groups excluding carboxylic acids is 1. The van der Waals surface area contributed by atoms with E-state index in [2.05, 4.69) is 22.0 Å². The van der Waals surface area contributed by atoms with Gasteiger partial charge in [0.25, 0.3) is 0 Å². The monoisotopic (exact) mass is 425 g/mol. The van der Waals surface area contributed by atoms with Crippen molar-refractivity contribution in [3.05, 3.63) is 53.1 Å². The molecular weight excluding hydrogens is 404 g/mol. The van der Waals surface area contributed by atoms with Gasteiger partial charge in [0, 0.05) is 36.1 Å². The molecule has 3 rings (SSSR count). The second-order valence-electron chi connectivity index (χ2n) is 6.50. The molecule has 0 bridgehead atoms. The van der Waals surface area contributed by atoms with E-state index < -0.39 is 11.6 Å². The minimum absolute atomic E-state index is 0.0840. The lowest BCUT2D eigenvalue weighted by molar-refractivity contribution is -0.113. The first-order chi connectivity index (χ1) is 13.5. The second kappa shape index (κ2) is 9.58. The van der Waals surface area contributed by atoms with Gasteiger partial charge in [-0.1, -0.05) is 18.5 Å². The number of rotatable bonds is 6. The molecule has 1 aliphatic heterocycles. The van der Waals surface area contributed by atoms with Crippen molar-refractivity contribution in [2.75, 3.05) is 48.7 Å². The van der Waals surface area contributed by atoms with Crippen LogP contribution in [0.4, 0.5) is 20.2 Å². The fourth-order valence-electron chi connectivity index (χ4n) is 3.09. The molecule has 0 aliphatic carbocycles. The van der Waals surface area contributed by atoms with E-state index in [9.17, 15) is 13.6 Å². The van der Waals surface area contributed by atoms with Crippen LogP contribution in [0.25, 0.3) is 0 Å². The van der Waals surface area contributed by atoms with Crippen molar-refractivity contribution in [2.45, 2.75) is 11.8 Å². The Bertz CT molecular complexity index is 844. The van der Waals surface area contributed by atoms with Crippen LogP contribution < -0.4 is 10.2 Å². The molecule has 0 saturated carbocycles. The Hall–Kier alpha value is -1.83. The number of likely N-dealkylation sites (N-methyl/N-ethyl adjacent to an activating group) is 1. The Balaban J connectivity index is 1.65. The van der Waals surface area contributed by atoms with Crippen molar-refractivity contribution >= 4 is 40.6 Å². The summed E-state index contributed by atoms with van der Waals surface area (Å²) in [5.74, 6) is -1.97. The molecule has 1 fully saturated rings. The quantitative estimate of drug-likeness (QED) is 0.691. The third-order valence-corrected chi connectivity index (χ3v) is 5.88. The average Bonchev–Trinajstić information content (AvgIpc) is 2.69. The third-order valence-electron chi connectivity index (χ3n) is 4.65. The third kappa shape index (κ3) is 5.37. The summed E-state index contributed by atoms with van der Waals surface area (Å²) in [4.78, 5) is 17.5. The molecule has 150 valence electrons. The van der Waals surface area contributed by atoms with Crippen LogP contribution in [0.2, 0.25) is 5.02 Å². The molecule has 2 aromatic rings. The lowest BCUT2D eigenvalue weighted by Crippen LogP contribution is -2.46. The Morgan fingerprint density at radius 2 is 1.86 bits per heavy atom. The molecule has 4 nitrogen and oxygen atoms in total. The lowest BCUT2D eigenvalue weighted by Gasteiger charge is -2.36. The van der Waals surface area contributed by atoms with E-state index in [4.69, 9.17) is 11.6 Å². The molecule has 1 amide bonds. The maximum atomic E-state index is 13.3. The van der Waals surface area contributed by atoms with Gasteiger partial charge in [0.1, 0.15) is 0 Å². The summed E-state index contributed by atoms with van der Waals surface area (Å²) in [6.45, 7) is 6.87. The number of thioether (sulfide) groups is 1. The number of halogens is 3. The van der Waals surface area contributed by atoms with Crippen LogP contribution in [0.1, 0.15) is 6.92 Å². The topological polar surface area (TPSA) is 35.6 Å². The van der Waals surface area contributed by atoms with Gasteiger partial charge in [-0.15, -0.1) is 11.8 Å². The van der Waals surface area contributed by atoms with Crippen molar-refractivity contribution < 1.29 is 13.6 Å². The molecule has 8 heteroatoms. The van der Waals surface area contributed by atoms with E-state index in [0.29, 0.717) is 15.6 Å². The highest BCUT2D eigenvalue weighted by atomic mass is 35.5. The molecule has 28 heavy (non-hydrogen) atoms. The highest BCUT2D eigenvalue weighted by Gasteiger charge is 2.19. The van der Waals surface area contributed by atoms with E-state index >= 15 is 0 Å². The van der Waals surface area contributed by atoms with Crippen molar-refractivity contribution in [2.24, 2.45) is 0 Å². The van der Waals surface area contributed by atoms with Crippen LogP contribution >= 0.6 is 23.4 Å². The normalized spacial score (nSPS) is 14.9. The maximum absolute atomic E-state index is 13.3. The summed E-state index contributed by atoms with van der Waals surface area (Å²) >= 11 is 7.28. The SMILES string of the molecule is CCN1CCN(c2ccc(Cl)cc2NC(=O)CSc2ccc(F)c(F)c2)CC1. The summed E-state index contributed by atoms with van der Waals surface area (Å²) in [5.41, 5.74) is 1.60. The number of hydrogen-bond donors (Lipinski definition) is 1. The van der Waals surface area contributed by atoms with E-state index in [1.165, 1.54) is 6.07 Å². The number of anilines is 2. The number of amides is 1. The number of nitrogens with one attached hydrogen (secondary N) is 1. The Morgan fingerprint density at radius 1 is 1.11 bits per heavy atom. The van der Waals surface area contributed by atoms with Gasteiger partial charge in [-0.2, -0.15) is 0 Å². The molecule has 0 aromatic heterocycles. The van der Waals surface area contributed by atoms with Gasteiger partial charge in [0.15, 0.2) is 11.6 Å². The van der Waals surface area contributed by atoms with Crippen LogP contribution in [0, 0.1) is 11.6 Å². The minimum Gasteiger partial charge on any atom is -0.367 e. The summed E-state index contributed by atoms with van der Waals surface area (Å²) in [6.07, 6.45) is 0. The Kier molecular flexibility index (Phi) is 7.15. The number of benzene rings is 2. The van der Waals surface area contributed by atoms with Gasteiger partial charge >= 0.3 is 0 Å². The maximum Gasteiger partial charge on any atom is 0.234 e. The van der Waals surface area contributed by atoms with Crippen molar-refractivity contribution in [3.63, 3.8) is 0 Å². The first-order valence-corrected chi connectivity index (χ1v) is 10.5. The fourth-order valence-corrected chi connectivity index (χ4v) is 3.98. The lowest BCUT2D eigenvalue weighted by atomic mass is 10.2. The van der Waals surface area contributed by atoms with Crippen molar-refractivity contribution in [1.82, 2.24) is 4.90 Å². The van der Waals surface area contributed by atoms with Gasteiger partial charge in [-0.25, -0.2) is 8.78 Å². The van der Waals surface area contributed by atoms with Crippen LogP contribution in [0.3, 0.4) is 0 Å². The van der Waals surface area contributed by atoms with Crippen molar-refractivity contribution in [3.8, 4) is 0 Å². The number of piperazine rings is 1. The predicted octanol–water partition coefficient (Wildman–Crippen LogP) is 4.49. The molecule has 0 radical (unpaired) electrons. The summed E-state index contributed by atoms with van der Waals surface area (Å²) < 4.78 is 26.3. The van der Waals surface area contributed by atoms with E-state index in [0.717, 1.165) is 62.3 Å². The number of carbonyl (C=O) groups is 1. The zero-order chi connectivity index (χ0) is 20.1. The Labute approximate surface area is 172 Å². The smallest absolute Gasteiger partial charge is 0.234 e. The summed E-state index contributed by atoms with van der Waals surface area (Å²) in [7, 11) is 0. The van der Waals surface area contributed by atoms with Crippen LogP contribution in [-0.2, 0) is 4.79 Å². The number of hydrogen-bond acceptors (Lipinski definition) is 4. The zero-order valence-corrected chi connectivity index (χ0v) is 17.1. The highest BCUT2D eigenvalue weighted by molar-refractivity contribution is 8.00. The van der Waals surface area contributed by atoms with E-state index in [1.54, 1.807) is 6.07 Å². The predicted molar refractivity (Wildman–Crippen MR) is 111 cm³/mol. The summed E-state index contributed by atoms with van der Waals surface area (Å²) in [5, 5.41) is 3.44. The largest absolute Gasteiger partial charge is 0.367 e. The molecule has 1 heterocycles. The Morgan fingerprint density at radius 3 is 2.54 bits per heavy atom. The van der Waals surface area contributed by atoms with Crippen LogP contribution in [-0.4, -0.2) is 49.3 Å². The van der Waals surface area contributed by atoms with Crippen LogP contribution in [0.15, 0.2) is 41.3 Å². The molecule has 0 unspecified atom stereocenters. The standard InChI is InChI=1S/C20H22ClF2N3OS/c1-2-25-7-9-26(10-8-25)19-6-3-14(21)11-18(19)24-20(27)13-28-15-4-5-16(22)17(23)12-15/h3-6,11-12H,2,7-10,13H2,1H3,(H,24,27). The molecule has 1 saturated heterocycles. The van der Waals surface area contributed by atoms with E-state index in [-0.39, 0.29) is 11.7 Å². The van der Waals surface area contributed by atoms with E-state index in [1.807, 2.05) is 12.1 Å². The average molecular weight is 426 g/mol. The molecule has 0 atom stereocenters. The number of nitrogens with zero attached hydrogens (tertiary/aromatic N) is 2. The molecule has 1 aliphatic rings. The van der Waals surface area contributed by atoms with Gasteiger partial charge in [-0.05, 0) is 42.9 Å². The second-order valence-corrected chi connectivity index (χ2v) is 7.98.